The molecule has 0 aromatic heterocycles. The summed E-state index contributed by atoms with van der Waals surface area (Å²) in [4.78, 5) is 55.7. The molecule has 9 atom stereocenters. The van der Waals surface area contributed by atoms with E-state index in [1.54, 1.807) is 0 Å². The molecular formula is C33H46O8Si2. The normalized spacial score (nSPS) is 45.9. The summed E-state index contributed by atoms with van der Waals surface area (Å²) in [6, 6.07) is 0. The average Bonchev–Trinajstić information content (AvgIpc) is 3.39. The van der Waals surface area contributed by atoms with Crippen molar-refractivity contribution in [3.05, 3.63) is 22.5 Å². The average molecular weight is 627 g/mol. The lowest BCUT2D eigenvalue weighted by Gasteiger charge is -2.66. The Balaban J connectivity index is 1.53. The fourth-order valence-corrected chi connectivity index (χ4v) is 13.1. The number of carbonyl (C=O) groups is 4. The van der Waals surface area contributed by atoms with Gasteiger partial charge in [0.25, 0.3) is 0 Å². The van der Waals surface area contributed by atoms with Crippen molar-refractivity contribution in [2.24, 2.45) is 33.5 Å². The molecule has 8 aliphatic rings. The molecule has 2 heterocycles. The highest BCUT2D eigenvalue weighted by Gasteiger charge is 2.92. The van der Waals surface area contributed by atoms with Crippen LogP contribution in [-0.4, -0.2) is 71.3 Å². The van der Waals surface area contributed by atoms with Gasteiger partial charge in [-0.05, 0) is 76.5 Å². The van der Waals surface area contributed by atoms with Crippen LogP contribution in [0.2, 0.25) is 39.3 Å². The van der Waals surface area contributed by atoms with Gasteiger partial charge < -0.3 is 23.1 Å². The molecule has 0 radical (unpaired) electrons. The SMILES string of the molecule is COC1=C2C(C)(C)[C@H]3O[C@@]2(CC3=O)[C@@H](O[Si](C)(C)C)C2=C(C1=O)[C@@]13C(=O)[C@@]([C@@H]4C[C@H]4C=O)(C[C@@H]1O[Si](C)(C)C)[C@]3(C)CC2. The fourth-order valence-electron chi connectivity index (χ4n) is 11.0. The summed E-state index contributed by atoms with van der Waals surface area (Å²) in [7, 11) is -2.97. The summed E-state index contributed by atoms with van der Waals surface area (Å²) in [5, 5.41) is 0. The molecule has 0 N–H and O–H groups in total. The number of fused-ring (bicyclic) bond motifs is 2. The minimum atomic E-state index is -2.29. The monoisotopic (exact) mass is 626 g/mol. The number of allylic oxidation sites excluding steroid dienone is 1. The van der Waals surface area contributed by atoms with E-state index in [0.29, 0.717) is 36.8 Å². The molecule has 0 aromatic carbocycles. The Morgan fingerprint density at radius 1 is 0.977 bits per heavy atom. The maximum Gasteiger partial charge on any atom is 0.224 e. The maximum absolute atomic E-state index is 15.2. The molecule has 0 aromatic rings. The first kappa shape index (κ1) is 30.0. The number of carbonyl (C=O) groups excluding carboxylic acids is 4. The summed E-state index contributed by atoms with van der Waals surface area (Å²) in [6.45, 7) is 18.8. The lowest BCUT2D eigenvalue weighted by Crippen LogP contribution is -2.72. The first-order valence-electron chi connectivity index (χ1n) is 15.9. The van der Waals surface area contributed by atoms with E-state index in [1.807, 2.05) is 13.8 Å². The van der Waals surface area contributed by atoms with Crippen molar-refractivity contribution in [3.63, 3.8) is 0 Å². The van der Waals surface area contributed by atoms with Crippen LogP contribution < -0.4 is 0 Å². The van der Waals surface area contributed by atoms with Crippen LogP contribution in [-0.2, 0) is 37.5 Å². The van der Waals surface area contributed by atoms with Crippen LogP contribution in [0.3, 0.4) is 0 Å². The smallest absolute Gasteiger partial charge is 0.224 e. The highest BCUT2D eigenvalue weighted by Crippen LogP contribution is 2.87. The summed E-state index contributed by atoms with van der Waals surface area (Å²) in [5.41, 5.74) is -2.40. The zero-order valence-corrected chi connectivity index (χ0v) is 29.3. The number of hydrogen-bond acceptors (Lipinski definition) is 8. The Bertz CT molecular complexity index is 1460. The van der Waals surface area contributed by atoms with Gasteiger partial charge >= 0.3 is 0 Å². The molecule has 10 heteroatoms. The molecule has 2 saturated heterocycles. The summed E-state index contributed by atoms with van der Waals surface area (Å²) < 4.78 is 26.8. The molecule has 6 fully saturated rings. The van der Waals surface area contributed by atoms with Crippen LogP contribution in [0.5, 0.6) is 0 Å². The zero-order valence-electron chi connectivity index (χ0n) is 27.3. The molecular weight excluding hydrogens is 581 g/mol. The largest absolute Gasteiger partial charge is 0.493 e. The molecule has 0 amide bonds. The molecule has 4 saturated carbocycles. The Morgan fingerprint density at radius 3 is 2.19 bits per heavy atom. The number of ether oxygens (including phenoxy) is 2. The van der Waals surface area contributed by atoms with Crippen molar-refractivity contribution in [1.82, 2.24) is 0 Å². The van der Waals surface area contributed by atoms with E-state index in [4.69, 9.17) is 18.3 Å². The number of methoxy groups -OCH3 is 1. The van der Waals surface area contributed by atoms with Gasteiger partial charge in [0.05, 0.1) is 18.6 Å². The van der Waals surface area contributed by atoms with Gasteiger partial charge in [0.15, 0.2) is 34.0 Å². The van der Waals surface area contributed by atoms with Crippen molar-refractivity contribution < 1.29 is 37.5 Å². The van der Waals surface area contributed by atoms with Crippen LogP contribution in [0.15, 0.2) is 22.5 Å². The van der Waals surface area contributed by atoms with Gasteiger partial charge in [-0.2, -0.15) is 0 Å². The second-order valence-corrected chi connectivity index (χ2v) is 25.9. The quantitative estimate of drug-likeness (QED) is 0.289. The van der Waals surface area contributed by atoms with E-state index in [-0.39, 0.29) is 41.4 Å². The van der Waals surface area contributed by atoms with Gasteiger partial charge in [0.2, 0.25) is 5.78 Å². The van der Waals surface area contributed by atoms with Gasteiger partial charge in [-0.3, -0.25) is 14.4 Å². The van der Waals surface area contributed by atoms with Crippen LogP contribution >= 0.6 is 0 Å². The molecule has 234 valence electrons. The third-order valence-corrected chi connectivity index (χ3v) is 14.2. The lowest BCUT2D eigenvalue weighted by molar-refractivity contribution is -0.189. The molecule has 4 bridgehead atoms. The van der Waals surface area contributed by atoms with Gasteiger partial charge in [-0.15, -0.1) is 0 Å². The molecule has 2 aliphatic heterocycles. The van der Waals surface area contributed by atoms with Crippen molar-refractivity contribution in [3.8, 4) is 0 Å². The van der Waals surface area contributed by atoms with E-state index in [0.717, 1.165) is 11.9 Å². The number of aldehydes is 1. The maximum atomic E-state index is 15.2. The minimum Gasteiger partial charge on any atom is -0.493 e. The van der Waals surface area contributed by atoms with Crippen LogP contribution in [0.1, 0.15) is 52.9 Å². The van der Waals surface area contributed by atoms with Crippen LogP contribution in [0.25, 0.3) is 0 Å². The molecule has 0 unspecified atom stereocenters. The number of rotatable bonds is 7. The predicted molar refractivity (Wildman–Crippen MR) is 163 cm³/mol. The highest BCUT2D eigenvalue weighted by molar-refractivity contribution is 6.70. The molecule has 2 spiro atoms. The van der Waals surface area contributed by atoms with E-state index < -0.39 is 62.2 Å². The number of ketones is 3. The Kier molecular flexibility index (Phi) is 5.81. The van der Waals surface area contributed by atoms with Gasteiger partial charge in [-0.25, -0.2) is 0 Å². The summed E-state index contributed by atoms with van der Waals surface area (Å²) in [5.74, 6) is -0.176. The van der Waals surface area contributed by atoms with Crippen LogP contribution in [0.4, 0.5) is 0 Å². The van der Waals surface area contributed by atoms with Crippen molar-refractivity contribution >= 4 is 40.3 Å². The third kappa shape index (κ3) is 3.22. The molecule has 8 rings (SSSR count). The summed E-state index contributed by atoms with van der Waals surface area (Å²) >= 11 is 0. The van der Waals surface area contributed by atoms with Gasteiger partial charge in [-0.1, -0.05) is 20.8 Å². The standard InChI is InChI=1S/C33H46O8Si2/c1-29(2)25-24(38-4)23(36)22-18(26(41-43(8,9)10)32(25)14-20(35)27(29)39-32)11-12-30(3)31(19-13-17(19)16-34)15-21(40-42(5,6)7)33(22,30)28(31)37/h16-17,19,21,26-27H,11-15H2,1-10H3/t17-,19+,21-,26-,27-,30-,31-,32+,33+/m0/s1. The highest BCUT2D eigenvalue weighted by atomic mass is 28.4. The van der Waals surface area contributed by atoms with Crippen molar-refractivity contribution in [2.45, 2.75) is 116 Å². The Morgan fingerprint density at radius 2 is 1.63 bits per heavy atom. The lowest BCUT2D eigenvalue weighted by atomic mass is 9.34. The molecule has 6 aliphatic carbocycles. The van der Waals surface area contributed by atoms with Gasteiger partial charge in [0.1, 0.15) is 24.1 Å². The van der Waals surface area contributed by atoms with E-state index in [2.05, 4.69) is 46.2 Å². The topological polar surface area (TPSA) is 105 Å². The number of Topliss-reactive ketones (excluding diaryl/α,β-unsaturated/α-hetero) is 3. The van der Waals surface area contributed by atoms with Gasteiger partial charge in [0, 0.05) is 39.7 Å². The Hall–Kier alpha value is -1.73. The Labute approximate surface area is 256 Å². The van der Waals surface area contributed by atoms with E-state index in [9.17, 15) is 9.59 Å². The fraction of sp³-hybridized carbons (Fsp3) is 0.758. The zero-order chi connectivity index (χ0) is 31.5. The second-order valence-electron chi connectivity index (χ2n) is 17.0. The number of hydrogen-bond donors (Lipinski definition) is 0. The van der Waals surface area contributed by atoms with Crippen molar-refractivity contribution in [2.75, 3.05) is 7.11 Å². The molecule has 8 nitrogen and oxygen atoms in total. The molecule has 43 heavy (non-hydrogen) atoms. The minimum absolute atomic E-state index is 0.0110. The predicted octanol–water partition coefficient (Wildman–Crippen LogP) is 4.94. The first-order chi connectivity index (χ1) is 19.8. The third-order valence-electron chi connectivity index (χ3n) is 12.2. The first-order valence-corrected chi connectivity index (χ1v) is 22.7. The van der Waals surface area contributed by atoms with Crippen LogP contribution in [0, 0.1) is 33.5 Å². The van der Waals surface area contributed by atoms with E-state index in [1.165, 1.54) is 7.11 Å². The second kappa shape index (κ2) is 8.35. The van der Waals surface area contributed by atoms with E-state index >= 15 is 9.59 Å². The summed E-state index contributed by atoms with van der Waals surface area (Å²) in [6.07, 6.45) is 1.74. The van der Waals surface area contributed by atoms with Crippen molar-refractivity contribution in [1.29, 1.82) is 0 Å².